The lowest BCUT2D eigenvalue weighted by atomic mass is 9.68. The molecule has 100 valence electrons. The average molecular weight is 246 g/mol. The number of anilines is 1. The topological polar surface area (TPSA) is 15.3 Å². The first-order valence-electron chi connectivity index (χ1n) is 6.99. The summed E-state index contributed by atoms with van der Waals surface area (Å²) in [6.45, 7) is 6.68. The second-order valence-electron chi connectivity index (χ2n) is 6.03. The van der Waals surface area contributed by atoms with Gasteiger partial charge in [0.1, 0.15) is 0 Å². The highest BCUT2D eigenvalue weighted by atomic mass is 15.1. The largest absolute Gasteiger partial charge is 0.374 e. The summed E-state index contributed by atoms with van der Waals surface area (Å²) in [4.78, 5) is 2.44. The standard InChI is InChI=1S/C16H26N2/c1-13-6-7-15(14(2)10-13)18(4)12-16(11-17-3)8-5-9-16/h6-7,10,17H,5,8-9,11-12H2,1-4H3. The van der Waals surface area contributed by atoms with E-state index >= 15 is 0 Å². The minimum Gasteiger partial charge on any atom is -0.374 e. The van der Waals surface area contributed by atoms with Gasteiger partial charge in [0.25, 0.3) is 0 Å². The molecule has 1 aromatic carbocycles. The number of nitrogens with zero attached hydrogens (tertiary/aromatic N) is 1. The summed E-state index contributed by atoms with van der Waals surface area (Å²) >= 11 is 0. The van der Waals surface area contributed by atoms with Gasteiger partial charge in [-0.05, 0) is 45.4 Å². The molecule has 0 radical (unpaired) electrons. The van der Waals surface area contributed by atoms with E-state index in [2.05, 4.69) is 56.4 Å². The van der Waals surface area contributed by atoms with Gasteiger partial charge in [0.2, 0.25) is 0 Å². The van der Waals surface area contributed by atoms with Crippen LogP contribution in [0.15, 0.2) is 18.2 Å². The average Bonchev–Trinajstić information content (AvgIpc) is 2.26. The van der Waals surface area contributed by atoms with E-state index in [-0.39, 0.29) is 0 Å². The van der Waals surface area contributed by atoms with Gasteiger partial charge in [0.15, 0.2) is 0 Å². The summed E-state index contributed by atoms with van der Waals surface area (Å²) in [5.74, 6) is 0. The number of aryl methyl sites for hydroxylation is 2. The van der Waals surface area contributed by atoms with Crippen LogP contribution in [0.1, 0.15) is 30.4 Å². The molecule has 2 rings (SSSR count). The monoisotopic (exact) mass is 246 g/mol. The fourth-order valence-corrected chi connectivity index (χ4v) is 3.26. The minimum atomic E-state index is 0.501. The number of rotatable bonds is 5. The maximum atomic E-state index is 3.36. The van der Waals surface area contributed by atoms with Crippen molar-refractivity contribution >= 4 is 5.69 Å². The van der Waals surface area contributed by atoms with Gasteiger partial charge in [-0.2, -0.15) is 0 Å². The zero-order valence-corrected chi connectivity index (χ0v) is 12.2. The molecule has 1 saturated carbocycles. The number of nitrogens with one attached hydrogen (secondary N) is 1. The lowest BCUT2D eigenvalue weighted by Crippen LogP contribution is -2.47. The molecule has 2 heteroatoms. The van der Waals surface area contributed by atoms with Crippen LogP contribution in [0.2, 0.25) is 0 Å². The van der Waals surface area contributed by atoms with Crippen molar-refractivity contribution in [2.45, 2.75) is 33.1 Å². The molecule has 0 aromatic heterocycles. The van der Waals surface area contributed by atoms with Gasteiger partial charge in [0.05, 0.1) is 0 Å². The fourth-order valence-electron chi connectivity index (χ4n) is 3.26. The van der Waals surface area contributed by atoms with Crippen molar-refractivity contribution in [3.63, 3.8) is 0 Å². The van der Waals surface area contributed by atoms with Crippen LogP contribution in [0.5, 0.6) is 0 Å². The van der Waals surface area contributed by atoms with Crippen molar-refractivity contribution in [1.29, 1.82) is 0 Å². The van der Waals surface area contributed by atoms with Crippen LogP contribution in [0.25, 0.3) is 0 Å². The van der Waals surface area contributed by atoms with Gasteiger partial charge in [0, 0.05) is 31.2 Å². The Balaban J connectivity index is 2.09. The molecular weight excluding hydrogens is 220 g/mol. The molecule has 0 atom stereocenters. The number of benzene rings is 1. The predicted octanol–water partition coefficient (Wildman–Crippen LogP) is 3.13. The second-order valence-corrected chi connectivity index (χ2v) is 6.03. The number of hydrogen-bond acceptors (Lipinski definition) is 2. The maximum absolute atomic E-state index is 3.36. The van der Waals surface area contributed by atoms with Crippen LogP contribution in [0.4, 0.5) is 5.69 Å². The normalized spacial score (nSPS) is 17.3. The van der Waals surface area contributed by atoms with Gasteiger partial charge in [-0.25, -0.2) is 0 Å². The van der Waals surface area contributed by atoms with E-state index in [4.69, 9.17) is 0 Å². The van der Waals surface area contributed by atoms with Gasteiger partial charge in [-0.3, -0.25) is 0 Å². The molecular formula is C16H26N2. The molecule has 0 unspecified atom stereocenters. The van der Waals surface area contributed by atoms with Crippen LogP contribution < -0.4 is 10.2 Å². The van der Waals surface area contributed by atoms with Crippen LogP contribution >= 0.6 is 0 Å². The zero-order valence-electron chi connectivity index (χ0n) is 12.2. The van der Waals surface area contributed by atoms with E-state index in [1.54, 1.807) is 0 Å². The lowest BCUT2D eigenvalue weighted by molar-refractivity contribution is 0.143. The minimum absolute atomic E-state index is 0.501. The van der Waals surface area contributed by atoms with E-state index in [0.29, 0.717) is 5.41 Å². The van der Waals surface area contributed by atoms with Gasteiger partial charge < -0.3 is 10.2 Å². The zero-order chi connectivity index (χ0) is 13.2. The van der Waals surface area contributed by atoms with Crippen molar-refractivity contribution in [3.8, 4) is 0 Å². The molecule has 0 saturated heterocycles. The highest BCUT2D eigenvalue weighted by Gasteiger charge is 2.37. The van der Waals surface area contributed by atoms with E-state index in [1.165, 1.54) is 36.1 Å². The Morgan fingerprint density at radius 3 is 2.50 bits per heavy atom. The van der Waals surface area contributed by atoms with Crippen molar-refractivity contribution < 1.29 is 0 Å². The quantitative estimate of drug-likeness (QED) is 0.858. The summed E-state index contributed by atoms with van der Waals surface area (Å²) < 4.78 is 0. The Hall–Kier alpha value is -1.02. The lowest BCUT2D eigenvalue weighted by Gasteiger charge is -2.45. The van der Waals surface area contributed by atoms with Crippen LogP contribution in [0.3, 0.4) is 0 Å². The Bertz CT molecular complexity index is 408. The van der Waals surface area contributed by atoms with E-state index in [9.17, 15) is 0 Å². The Kier molecular flexibility index (Phi) is 3.96. The van der Waals surface area contributed by atoms with E-state index < -0.39 is 0 Å². The molecule has 1 fully saturated rings. The van der Waals surface area contributed by atoms with Gasteiger partial charge in [-0.15, -0.1) is 0 Å². The van der Waals surface area contributed by atoms with Crippen molar-refractivity contribution in [2.24, 2.45) is 5.41 Å². The maximum Gasteiger partial charge on any atom is 0.0393 e. The second kappa shape index (κ2) is 5.31. The third-order valence-electron chi connectivity index (χ3n) is 4.30. The molecule has 2 nitrogen and oxygen atoms in total. The Morgan fingerprint density at radius 1 is 1.28 bits per heavy atom. The molecule has 18 heavy (non-hydrogen) atoms. The summed E-state index contributed by atoms with van der Waals surface area (Å²) in [7, 11) is 4.30. The summed E-state index contributed by atoms with van der Waals surface area (Å²) in [5, 5.41) is 3.36. The molecule has 1 aliphatic carbocycles. The SMILES string of the molecule is CNCC1(CN(C)c2ccc(C)cc2C)CCC1. The molecule has 0 spiro atoms. The Labute approximate surface area is 111 Å². The molecule has 0 heterocycles. The molecule has 0 amide bonds. The van der Waals surface area contributed by atoms with Gasteiger partial charge >= 0.3 is 0 Å². The first-order valence-corrected chi connectivity index (χ1v) is 6.99. The van der Waals surface area contributed by atoms with Crippen LogP contribution in [-0.4, -0.2) is 27.2 Å². The third-order valence-corrected chi connectivity index (χ3v) is 4.30. The first kappa shape index (κ1) is 13.4. The molecule has 1 aliphatic rings. The highest BCUT2D eigenvalue weighted by molar-refractivity contribution is 5.54. The molecule has 0 bridgehead atoms. The summed E-state index contributed by atoms with van der Waals surface area (Å²) in [5.41, 5.74) is 4.61. The van der Waals surface area contributed by atoms with E-state index in [1.807, 2.05) is 0 Å². The van der Waals surface area contributed by atoms with Crippen molar-refractivity contribution in [3.05, 3.63) is 29.3 Å². The summed E-state index contributed by atoms with van der Waals surface area (Å²) in [6.07, 6.45) is 4.12. The predicted molar refractivity (Wildman–Crippen MR) is 79.4 cm³/mol. The molecule has 1 aromatic rings. The van der Waals surface area contributed by atoms with Crippen LogP contribution in [-0.2, 0) is 0 Å². The van der Waals surface area contributed by atoms with Crippen LogP contribution in [0, 0.1) is 19.3 Å². The smallest absolute Gasteiger partial charge is 0.0393 e. The molecule has 1 N–H and O–H groups in total. The van der Waals surface area contributed by atoms with Crippen molar-refractivity contribution in [1.82, 2.24) is 5.32 Å². The first-order chi connectivity index (χ1) is 8.56. The van der Waals surface area contributed by atoms with E-state index in [0.717, 1.165) is 13.1 Å². The number of hydrogen-bond donors (Lipinski definition) is 1. The summed E-state index contributed by atoms with van der Waals surface area (Å²) in [6, 6.07) is 6.75. The van der Waals surface area contributed by atoms with Crippen molar-refractivity contribution in [2.75, 3.05) is 32.1 Å². The molecule has 0 aliphatic heterocycles. The highest BCUT2D eigenvalue weighted by Crippen LogP contribution is 2.41. The third kappa shape index (κ3) is 2.69. The van der Waals surface area contributed by atoms with Gasteiger partial charge in [-0.1, -0.05) is 24.1 Å². The fraction of sp³-hybridized carbons (Fsp3) is 0.625. The Morgan fingerprint density at radius 2 is 2.00 bits per heavy atom.